The third-order valence-corrected chi connectivity index (χ3v) is 2.51. The topological polar surface area (TPSA) is 35.2 Å². The van der Waals surface area contributed by atoms with Crippen LogP contribution in [0.15, 0.2) is 28.7 Å². The van der Waals surface area contributed by atoms with Crippen molar-refractivity contribution < 1.29 is 4.84 Å². The summed E-state index contributed by atoms with van der Waals surface area (Å²) in [6.07, 6.45) is 2.09. The summed E-state index contributed by atoms with van der Waals surface area (Å²) in [6, 6.07) is 8.30. The van der Waals surface area contributed by atoms with E-state index in [9.17, 15) is 0 Å². The summed E-state index contributed by atoms with van der Waals surface area (Å²) < 4.78 is 1.11. The first kappa shape index (κ1) is 10.7. The van der Waals surface area contributed by atoms with Gasteiger partial charge in [-0.2, -0.15) is 0 Å². The minimum atomic E-state index is 0.128. The fourth-order valence-corrected chi connectivity index (χ4v) is 1.35. The minimum Gasteiger partial charge on any atom is -0.302 e. The lowest BCUT2D eigenvalue weighted by atomic mass is 10.1. The molecule has 72 valence electrons. The Morgan fingerprint density at radius 2 is 2.00 bits per heavy atom. The molecule has 2 nitrogen and oxygen atoms in total. The maximum absolute atomic E-state index is 5.05. The van der Waals surface area contributed by atoms with Gasteiger partial charge in [-0.05, 0) is 37.5 Å². The third-order valence-electron chi connectivity index (χ3n) is 1.99. The quantitative estimate of drug-likeness (QED) is 0.826. The van der Waals surface area contributed by atoms with Gasteiger partial charge >= 0.3 is 0 Å². The average Bonchev–Trinajstić information content (AvgIpc) is 2.16. The molecule has 0 fully saturated rings. The average molecular weight is 244 g/mol. The van der Waals surface area contributed by atoms with Crippen molar-refractivity contribution in [3.05, 3.63) is 34.3 Å². The van der Waals surface area contributed by atoms with E-state index in [1.807, 2.05) is 19.1 Å². The highest BCUT2D eigenvalue weighted by molar-refractivity contribution is 9.10. The number of halogens is 1. The zero-order valence-electron chi connectivity index (χ0n) is 7.66. The van der Waals surface area contributed by atoms with Gasteiger partial charge in [0, 0.05) is 4.47 Å². The van der Waals surface area contributed by atoms with Crippen molar-refractivity contribution in [2.24, 2.45) is 5.90 Å². The lowest BCUT2D eigenvalue weighted by molar-refractivity contribution is 0.0610. The summed E-state index contributed by atoms with van der Waals surface area (Å²) in [5, 5.41) is 0. The maximum Gasteiger partial charge on any atom is 0.0762 e. The maximum atomic E-state index is 5.05. The molecule has 1 aromatic carbocycles. The van der Waals surface area contributed by atoms with Crippen LogP contribution in [0.4, 0.5) is 0 Å². The molecular formula is C10H14BrNO. The largest absolute Gasteiger partial charge is 0.302 e. The van der Waals surface area contributed by atoms with Gasteiger partial charge < -0.3 is 4.84 Å². The highest BCUT2D eigenvalue weighted by Gasteiger charge is 2.00. The Bertz CT molecular complexity index is 248. The van der Waals surface area contributed by atoms with Crippen LogP contribution in [0.25, 0.3) is 0 Å². The molecule has 3 heteroatoms. The summed E-state index contributed by atoms with van der Waals surface area (Å²) in [4.78, 5) is 4.69. The van der Waals surface area contributed by atoms with E-state index in [2.05, 4.69) is 32.9 Å². The van der Waals surface area contributed by atoms with E-state index >= 15 is 0 Å². The molecule has 13 heavy (non-hydrogen) atoms. The van der Waals surface area contributed by atoms with Crippen molar-refractivity contribution >= 4 is 15.9 Å². The summed E-state index contributed by atoms with van der Waals surface area (Å²) in [5.41, 5.74) is 1.31. The molecule has 0 aliphatic heterocycles. The Kier molecular flexibility index (Phi) is 4.42. The number of rotatable bonds is 4. The van der Waals surface area contributed by atoms with Crippen LogP contribution in [-0.4, -0.2) is 6.10 Å². The predicted octanol–water partition coefficient (Wildman–Crippen LogP) is 2.66. The molecule has 0 saturated carbocycles. The zero-order valence-corrected chi connectivity index (χ0v) is 9.25. The van der Waals surface area contributed by atoms with E-state index < -0.39 is 0 Å². The predicted molar refractivity (Wildman–Crippen MR) is 57.2 cm³/mol. The van der Waals surface area contributed by atoms with E-state index in [0.717, 1.165) is 17.3 Å². The molecule has 2 N–H and O–H groups in total. The molecule has 0 aliphatic carbocycles. The van der Waals surface area contributed by atoms with Gasteiger partial charge in [0.25, 0.3) is 0 Å². The minimum absolute atomic E-state index is 0.128. The second-order valence-corrected chi connectivity index (χ2v) is 4.03. The molecule has 0 spiro atoms. The summed E-state index contributed by atoms with van der Waals surface area (Å²) in [5.74, 6) is 5.05. The summed E-state index contributed by atoms with van der Waals surface area (Å²) in [6.45, 7) is 1.97. The van der Waals surface area contributed by atoms with Crippen LogP contribution in [0.1, 0.15) is 18.9 Å². The van der Waals surface area contributed by atoms with E-state index in [0.29, 0.717) is 0 Å². The van der Waals surface area contributed by atoms with Crippen LogP contribution in [0.2, 0.25) is 0 Å². The van der Waals surface area contributed by atoms with Crippen LogP contribution in [0.3, 0.4) is 0 Å². The fourth-order valence-electron chi connectivity index (χ4n) is 1.09. The summed E-state index contributed by atoms with van der Waals surface area (Å²) >= 11 is 3.39. The molecule has 0 heterocycles. The number of nitrogens with two attached hydrogens (primary N) is 1. The van der Waals surface area contributed by atoms with Crippen LogP contribution >= 0.6 is 15.9 Å². The fraction of sp³-hybridized carbons (Fsp3) is 0.400. The number of hydrogen-bond donors (Lipinski definition) is 1. The second-order valence-electron chi connectivity index (χ2n) is 3.11. The monoisotopic (exact) mass is 243 g/mol. The van der Waals surface area contributed by atoms with Gasteiger partial charge in [0.05, 0.1) is 6.10 Å². The number of benzene rings is 1. The van der Waals surface area contributed by atoms with Crippen molar-refractivity contribution in [1.82, 2.24) is 0 Å². The smallest absolute Gasteiger partial charge is 0.0762 e. The molecule has 1 atom stereocenters. The zero-order chi connectivity index (χ0) is 9.68. The lowest BCUT2D eigenvalue weighted by Gasteiger charge is -2.07. The van der Waals surface area contributed by atoms with Crippen molar-refractivity contribution in [3.63, 3.8) is 0 Å². The van der Waals surface area contributed by atoms with Crippen LogP contribution in [0, 0.1) is 0 Å². The van der Waals surface area contributed by atoms with Crippen molar-refractivity contribution in [3.8, 4) is 0 Å². The molecular weight excluding hydrogens is 230 g/mol. The van der Waals surface area contributed by atoms with Gasteiger partial charge in [-0.25, -0.2) is 5.90 Å². The normalized spacial score (nSPS) is 12.8. The molecule has 0 amide bonds. The Balaban J connectivity index is 2.41. The van der Waals surface area contributed by atoms with Crippen LogP contribution in [-0.2, 0) is 11.3 Å². The lowest BCUT2D eigenvalue weighted by Crippen LogP contribution is -2.13. The molecule has 0 aliphatic rings. The van der Waals surface area contributed by atoms with Gasteiger partial charge in [-0.15, -0.1) is 0 Å². The summed E-state index contributed by atoms with van der Waals surface area (Å²) in [7, 11) is 0. The molecule has 1 rings (SSSR count). The van der Waals surface area contributed by atoms with Crippen LogP contribution in [0.5, 0.6) is 0 Å². The van der Waals surface area contributed by atoms with E-state index in [4.69, 9.17) is 5.90 Å². The molecule has 0 saturated heterocycles. The van der Waals surface area contributed by atoms with Gasteiger partial charge in [0.2, 0.25) is 0 Å². The second kappa shape index (κ2) is 5.37. The van der Waals surface area contributed by atoms with Gasteiger partial charge in [0.1, 0.15) is 0 Å². The van der Waals surface area contributed by atoms with Gasteiger partial charge in [-0.1, -0.05) is 28.1 Å². The van der Waals surface area contributed by atoms with Crippen molar-refractivity contribution in [2.45, 2.75) is 25.9 Å². The first-order chi connectivity index (χ1) is 6.22. The molecule has 1 unspecified atom stereocenters. The van der Waals surface area contributed by atoms with Gasteiger partial charge in [0.15, 0.2) is 0 Å². The Hall–Kier alpha value is -0.380. The van der Waals surface area contributed by atoms with Crippen molar-refractivity contribution in [1.29, 1.82) is 0 Å². The molecule has 0 bridgehead atoms. The van der Waals surface area contributed by atoms with Crippen LogP contribution < -0.4 is 5.90 Å². The molecule has 1 aromatic rings. The SMILES string of the molecule is CC(CCc1ccc(Br)cc1)ON. The van der Waals surface area contributed by atoms with E-state index in [1.165, 1.54) is 5.56 Å². The first-order valence-electron chi connectivity index (χ1n) is 4.32. The van der Waals surface area contributed by atoms with E-state index in [1.54, 1.807) is 0 Å². The van der Waals surface area contributed by atoms with E-state index in [-0.39, 0.29) is 6.10 Å². The third kappa shape index (κ3) is 3.89. The highest BCUT2D eigenvalue weighted by atomic mass is 79.9. The Labute approximate surface area is 87.2 Å². The Morgan fingerprint density at radius 1 is 1.38 bits per heavy atom. The first-order valence-corrected chi connectivity index (χ1v) is 5.11. The van der Waals surface area contributed by atoms with Gasteiger partial charge in [-0.3, -0.25) is 0 Å². The standard InChI is InChI=1S/C10H14BrNO/c1-8(13-12)2-3-9-4-6-10(11)7-5-9/h4-8H,2-3,12H2,1H3. The Morgan fingerprint density at radius 3 is 2.54 bits per heavy atom. The number of aryl methyl sites for hydroxylation is 1. The number of hydrogen-bond acceptors (Lipinski definition) is 2. The molecule has 0 radical (unpaired) electrons. The highest BCUT2D eigenvalue weighted by Crippen LogP contribution is 2.12. The molecule has 0 aromatic heterocycles. The van der Waals surface area contributed by atoms with Crippen molar-refractivity contribution in [2.75, 3.05) is 0 Å².